The van der Waals surface area contributed by atoms with Gasteiger partial charge in [0.05, 0.1) is 22.4 Å². The van der Waals surface area contributed by atoms with E-state index in [1.165, 1.54) is 22.3 Å². The van der Waals surface area contributed by atoms with Crippen LogP contribution in [0.1, 0.15) is 25.0 Å². The molecule has 48 heavy (non-hydrogen) atoms. The summed E-state index contributed by atoms with van der Waals surface area (Å²) in [5, 5.41) is 4.41. The van der Waals surface area contributed by atoms with E-state index >= 15 is 0 Å². The van der Waals surface area contributed by atoms with Crippen molar-refractivity contribution < 1.29 is 4.42 Å². The van der Waals surface area contributed by atoms with Gasteiger partial charge in [0.15, 0.2) is 0 Å². The Kier molecular flexibility index (Phi) is 5.63. The Bertz CT molecular complexity index is 2770. The van der Waals surface area contributed by atoms with Crippen molar-refractivity contribution in [3.8, 4) is 44.8 Å². The monoisotopic (exact) mass is 614 g/mol. The molecule has 0 saturated heterocycles. The lowest BCUT2D eigenvalue weighted by Gasteiger charge is -2.21. The number of nitrogens with zero attached hydrogens (tertiary/aromatic N) is 2. The molecule has 1 aliphatic carbocycles. The summed E-state index contributed by atoms with van der Waals surface area (Å²) in [4.78, 5) is 10.5. The molecule has 1 aliphatic rings. The smallest absolute Gasteiger partial charge is 0.143 e. The number of fused-ring (bicyclic) bond motifs is 9. The van der Waals surface area contributed by atoms with Crippen LogP contribution < -0.4 is 0 Å². The molecule has 0 bridgehead atoms. The maximum atomic E-state index is 6.37. The Hall–Kier alpha value is -6.06. The molecular formula is C45H30N2O. The first kappa shape index (κ1) is 27.1. The van der Waals surface area contributed by atoms with Crippen LogP contribution in [0.3, 0.4) is 0 Å². The van der Waals surface area contributed by atoms with Gasteiger partial charge in [-0.05, 0) is 58.1 Å². The number of para-hydroxylation sites is 2. The number of pyridine rings is 2. The maximum Gasteiger partial charge on any atom is 0.143 e. The fourth-order valence-corrected chi connectivity index (χ4v) is 7.77. The molecule has 3 aromatic heterocycles. The number of aromatic nitrogens is 2. The zero-order valence-electron chi connectivity index (χ0n) is 26.7. The van der Waals surface area contributed by atoms with Crippen LogP contribution in [-0.2, 0) is 5.41 Å². The van der Waals surface area contributed by atoms with Crippen LogP contribution in [0, 0.1) is 0 Å². The Balaban J connectivity index is 1.08. The van der Waals surface area contributed by atoms with Crippen molar-refractivity contribution in [3.05, 3.63) is 157 Å². The Morgan fingerprint density at radius 1 is 0.458 bits per heavy atom. The van der Waals surface area contributed by atoms with E-state index in [0.717, 1.165) is 77.4 Å². The lowest BCUT2D eigenvalue weighted by atomic mass is 9.82. The molecule has 3 heteroatoms. The lowest BCUT2D eigenvalue weighted by molar-refractivity contribution is 0.660. The van der Waals surface area contributed by atoms with Crippen molar-refractivity contribution in [1.29, 1.82) is 0 Å². The molecule has 226 valence electrons. The number of furan rings is 1. The summed E-state index contributed by atoms with van der Waals surface area (Å²) in [5.41, 5.74) is 15.2. The van der Waals surface area contributed by atoms with E-state index < -0.39 is 0 Å². The summed E-state index contributed by atoms with van der Waals surface area (Å²) in [6, 6.07) is 51.6. The highest BCUT2D eigenvalue weighted by atomic mass is 16.3. The number of hydrogen-bond acceptors (Lipinski definition) is 3. The van der Waals surface area contributed by atoms with Gasteiger partial charge in [-0.15, -0.1) is 0 Å². The number of benzene rings is 6. The van der Waals surface area contributed by atoms with Crippen LogP contribution in [0.5, 0.6) is 0 Å². The second kappa shape index (κ2) is 9.97. The first-order valence-corrected chi connectivity index (χ1v) is 16.5. The predicted octanol–water partition coefficient (Wildman–Crippen LogP) is 12.0. The highest BCUT2D eigenvalue weighted by molar-refractivity contribution is 6.10. The third-order valence-corrected chi connectivity index (χ3v) is 10.3. The average Bonchev–Trinajstić information content (AvgIpc) is 3.63. The first-order valence-electron chi connectivity index (χ1n) is 16.5. The summed E-state index contributed by atoms with van der Waals surface area (Å²) in [6.45, 7) is 4.64. The SMILES string of the molecule is CC1(C)c2ccccc2-c2ccc(-c3ccc4ccc5ccc(-c6cccc(-c7cccc8c7oc7ccccc78)c6)nc5c4n3)cc21. The minimum atomic E-state index is -0.0631. The van der Waals surface area contributed by atoms with Crippen LogP contribution in [0.25, 0.3) is 88.5 Å². The third-order valence-electron chi connectivity index (χ3n) is 10.3. The van der Waals surface area contributed by atoms with Crippen molar-refractivity contribution >= 4 is 43.7 Å². The maximum absolute atomic E-state index is 6.37. The molecule has 0 atom stereocenters. The molecule has 3 nitrogen and oxygen atoms in total. The fourth-order valence-electron chi connectivity index (χ4n) is 7.77. The van der Waals surface area contributed by atoms with Crippen LogP contribution in [-0.4, -0.2) is 9.97 Å². The molecule has 0 fully saturated rings. The lowest BCUT2D eigenvalue weighted by Crippen LogP contribution is -2.14. The predicted molar refractivity (Wildman–Crippen MR) is 198 cm³/mol. The quantitative estimate of drug-likeness (QED) is 0.186. The summed E-state index contributed by atoms with van der Waals surface area (Å²) < 4.78 is 6.37. The summed E-state index contributed by atoms with van der Waals surface area (Å²) in [5.74, 6) is 0. The van der Waals surface area contributed by atoms with Crippen molar-refractivity contribution in [3.63, 3.8) is 0 Å². The van der Waals surface area contributed by atoms with E-state index in [-0.39, 0.29) is 5.41 Å². The summed E-state index contributed by atoms with van der Waals surface area (Å²) in [6.07, 6.45) is 0. The topological polar surface area (TPSA) is 38.9 Å². The highest BCUT2D eigenvalue weighted by Gasteiger charge is 2.35. The minimum absolute atomic E-state index is 0.0631. The van der Waals surface area contributed by atoms with Gasteiger partial charge in [-0.1, -0.05) is 129 Å². The van der Waals surface area contributed by atoms with Gasteiger partial charge >= 0.3 is 0 Å². The van der Waals surface area contributed by atoms with Gasteiger partial charge in [-0.3, -0.25) is 0 Å². The molecule has 0 aliphatic heterocycles. The van der Waals surface area contributed by atoms with Crippen molar-refractivity contribution in [2.24, 2.45) is 0 Å². The van der Waals surface area contributed by atoms with Gasteiger partial charge in [-0.25, -0.2) is 9.97 Å². The van der Waals surface area contributed by atoms with Crippen LogP contribution in [0.4, 0.5) is 0 Å². The Labute approximate surface area is 278 Å². The van der Waals surface area contributed by atoms with Gasteiger partial charge < -0.3 is 4.42 Å². The van der Waals surface area contributed by atoms with E-state index in [0.29, 0.717) is 0 Å². The van der Waals surface area contributed by atoms with E-state index in [4.69, 9.17) is 14.4 Å². The molecule has 3 heterocycles. The second-order valence-corrected chi connectivity index (χ2v) is 13.4. The molecule has 6 aromatic carbocycles. The van der Waals surface area contributed by atoms with Crippen LogP contribution in [0.15, 0.2) is 150 Å². The normalized spacial score (nSPS) is 13.4. The average molecular weight is 615 g/mol. The third kappa shape index (κ3) is 3.94. The van der Waals surface area contributed by atoms with E-state index in [2.05, 4.69) is 147 Å². The van der Waals surface area contributed by atoms with E-state index in [9.17, 15) is 0 Å². The zero-order chi connectivity index (χ0) is 32.0. The minimum Gasteiger partial charge on any atom is -0.455 e. The molecule has 0 unspecified atom stereocenters. The summed E-state index contributed by atoms with van der Waals surface area (Å²) in [7, 11) is 0. The molecule has 9 aromatic rings. The van der Waals surface area contributed by atoms with E-state index in [1.807, 2.05) is 12.1 Å². The molecule has 0 N–H and O–H groups in total. The van der Waals surface area contributed by atoms with Gasteiger partial charge in [0, 0.05) is 43.7 Å². The van der Waals surface area contributed by atoms with Crippen LogP contribution >= 0.6 is 0 Å². The molecule has 0 spiro atoms. The van der Waals surface area contributed by atoms with Gasteiger partial charge in [-0.2, -0.15) is 0 Å². The summed E-state index contributed by atoms with van der Waals surface area (Å²) >= 11 is 0. The molecule has 0 saturated carbocycles. The first-order chi connectivity index (χ1) is 23.5. The van der Waals surface area contributed by atoms with E-state index in [1.54, 1.807) is 0 Å². The van der Waals surface area contributed by atoms with Gasteiger partial charge in [0.1, 0.15) is 11.2 Å². The highest BCUT2D eigenvalue weighted by Crippen LogP contribution is 2.49. The zero-order valence-corrected chi connectivity index (χ0v) is 26.7. The van der Waals surface area contributed by atoms with Crippen molar-refractivity contribution in [2.45, 2.75) is 19.3 Å². The number of hydrogen-bond donors (Lipinski definition) is 0. The molecule has 0 radical (unpaired) electrons. The Morgan fingerprint density at radius 2 is 1.06 bits per heavy atom. The standard InChI is InChI=1S/C45H30N2O/c1-45(2)37-15-5-3-11-33(37)34-22-19-31(26-38(34)45)40-24-21-28-18-17-27-20-23-39(46-42(27)43(28)47-40)30-10-7-9-29(25-30)32-13-8-14-36-35-12-4-6-16-41(35)48-44(32)36/h3-26H,1-2H3. The van der Waals surface area contributed by atoms with Gasteiger partial charge in [0.2, 0.25) is 0 Å². The molecule has 0 amide bonds. The Morgan fingerprint density at radius 3 is 1.88 bits per heavy atom. The largest absolute Gasteiger partial charge is 0.455 e. The molecular weight excluding hydrogens is 585 g/mol. The molecule has 10 rings (SSSR count). The van der Waals surface area contributed by atoms with Gasteiger partial charge in [0.25, 0.3) is 0 Å². The fraction of sp³-hybridized carbons (Fsp3) is 0.0667. The second-order valence-electron chi connectivity index (χ2n) is 13.4. The van der Waals surface area contributed by atoms with Crippen molar-refractivity contribution in [1.82, 2.24) is 9.97 Å². The number of rotatable bonds is 3. The van der Waals surface area contributed by atoms with Crippen molar-refractivity contribution in [2.75, 3.05) is 0 Å². The van der Waals surface area contributed by atoms with Crippen LogP contribution in [0.2, 0.25) is 0 Å².